The summed E-state index contributed by atoms with van der Waals surface area (Å²) in [6, 6.07) is 7.93. The molecule has 0 aliphatic rings. The molecule has 0 fully saturated rings. The van der Waals surface area contributed by atoms with Crippen LogP contribution in [0.15, 0.2) is 24.3 Å². The van der Waals surface area contributed by atoms with Crippen LogP contribution in [0.3, 0.4) is 0 Å². The van der Waals surface area contributed by atoms with Gasteiger partial charge in [-0.25, -0.2) is 4.79 Å². The van der Waals surface area contributed by atoms with Gasteiger partial charge in [-0.3, -0.25) is 4.79 Å². The summed E-state index contributed by atoms with van der Waals surface area (Å²) in [7, 11) is 3.29. The molecular weight excluding hydrogens is 290 g/mol. The second kappa shape index (κ2) is 7.99. The summed E-state index contributed by atoms with van der Waals surface area (Å²) in [4.78, 5) is 25.1. The van der Waals surface area contributed by atoms with Crippen molar-refractivity contribution < 1.29 is 9.59 Å². The average Bonchev–Trinajstić information content (AvgIpc) is 2.51. The molecule has 0 unspecified atom stereocenters. The normalized spacial score (nSPS) is 12.4. The minimum atomic E-state index is -0.179. The third kappa shape index (κ3) is 5.93. The highest BCUT2D eigenvalue weighted by atomic mass is 16.2. The maximum atomic E-state index is 12.1. The fourth-order valence-electron chi connectivity index (χ4n) is 2.13. The highest BCUT2D eigenvalue weighted by Crippen LogP contribution is 2.22. The molecule has 1 rings (SSSR count). The molecule has 23 heavy (non-hydrogen) atoms. The van der Waals surface area contributed by atoms with Gasteiger partial charge in [-0.15, -0.1) is 0 Å². The minimum Gasteiger partial charge on any atom is -0.359 e. The van der Waals surface area contributed by atoms with E-state index in [0.29, 0.717) is 13.0 Å². The van der Waals surface area contributed by atoms with Crippen LogP contribution in [0.5, 0.6) is 0 Å². The molecule has 0 bridgehead atoms. The predicted octanol–water partition coefficient (Wildman–Crippen LogP) is 2.65. The Morgan fingerprint density at radius 2 is 1.74 bits per heavy atom. The van der Waals surface area contributed by atoms with Gasteiger partial charge in [0.1, 0.15) is 0 Å². The van der Waals surface area contributed by atoms with E-state index in [9.17, 15) is 9.59 Å². The second-order valence-corrected chi connectivity index (χ2v) is 6.94. The van der Waals surface area contributed by atoms with Crippen LogP contribution >= 0.6 is 0 Å². The van der Waals surface area contributed by atoms with Crippen molar-refractivity contribution in [3.8, 4) is 0 Å². The zero-order chi connectivity index (χ0) is 17.6. The van der Waals surface area contributed by atoms with E-state index in [-0.39, 0.29) is 23.4 Å². The van der Waals surface area contributed by atoms with Gasteiger partial charge in [0.25, 0.3) is 0 Å². The molecule has 3 amide bonds. The molecule has 0 saturated carbocycles. The van der Waals surface area contributed by atoms with E-state index in [1.807, 2.05) is 19.1 Å². The SMILES string of the molecule is CNC(=O)C[C@H](C)N(C)C(=O)NCc1ccc(C(C)(C)C)cc1. The van der Waals surface area contributed by atoms with Crippen molar-refractivity contribution in [3.63, 3.8) is 0 Å². The van der Waals surface area contributed by atoms with E-state index in [1.54, 1.807) is 19.0 Å². The van der Waals surface area contributed by atoms with Crippen LogP contribution in [0.1, 0.15) is 45.2 Å². The maximum Gasteiger partial charge on any atom is 0.317 e. The number of nitrogens with one attached hydrogen (secondary N) is 2. The molecule has 5 nitrogen and oxygen atoms in total. The first-order valence-corrected chi connectivity index (χ1v) is 7.95. The van der Waals surface area contributed by atoms with Crippen LogP contribution in [0, 0.1) is 0 Å². The largest absolute Gasteiger partial charge is 0.359 e. The third-order valence-electron chi connectivity index (χ3n) is 4.00. The number of carbonyl (C=O) groups is 2. The Labute approximate surface area is 139 Å². The molecular formula is C18H29N3O2. The predicted molar refractivity (Wildman–Crippen MR) is 93.3 cm³/mol. The monoisotopic (exact) mass is 319 g/mol. The van der Waals surface area contributed by atoms with Gasteiger partial charge >= 0.3 is 6.03 Å². The van der Waals surface area contributed by atoms with E-state index in [1.165, 1.54) is 5.56 Å². The summed E-state index contributed by atoms with van der Waals surface area (Å²) >= 11 is 0. The minimum absolute atomic E-state index is 0.0741. The standard InChI is InChI=1S/C18H29N3O2/c1-13(11-16(22)19-5)21(6)17(23)20-12-14-7-9-15(10-8-14)18(2,3)4/h7-10,13H,11-12H2,1-6H3,(H,19,22)(H,20,23)/t13-/m0/s1. The zero-order valence-corrected chi connectivity index (χ0v) is 15.1. The first kappa shape index (κ1) is 19.0. The Hall–Kier alpha value is -2.04. The third-order valence-corrected chi connectivity index (χ3v) is 4.00. The number of rotatable bonds is 5. The molecule has 1 aromatic rings. The maximum absolute atomic E-state index is 12.1. The van der Waals surface area contributed by atoms with Gasteiger partial charge in [0.2, 0.25) is 5.91 Å². The van der Waals surface area contributed by atoms with E-state index in [2.05, 4.69) is 43.5 Å². The molecule has 1 aromatic carbocycles. The van der Waals surface area contributed by atoms with Crippen LogP contribution in [-0.2, 0) is 16.8 Å². The molecule has 0 spiro atoms. The number of hydrogen-bond acceptors (Lipinski definition) is 2. The lowest BCUT2D eigenvalue weighted by Gasteiger charge is -2.25. The number of hydrogen-bond donors (Lipinski definition) is 2. The fourth-order valence-corrected chi connectivity index (χ4v) is 2.13. The molecule has 5 heteroatoms. The molecule has 0 aliphatic carbocycles. The zero-order valence-electron chi connectivity index (χ0n) is 15.1. The van der Waals surface area contributed by atoms with Crippen molar-refractivity contribution in [2.45, 2.75) is 52.1 Å². The molecule has 0 saturated heterocycles. The Balaban J connectivity index is 2.54. The molecule has 1 atom stereocenters. The Morgan fingerprint density at radius 3 is 2.22 bits per heavy atom. The van der Waals surface area contributed by atoms with Crippen LogP contribution in [0.25, 0.3) is 0 Å². The van der Waals surface area contributed by atoms with Gasteiger partial charge in [-0.05, 0) is 23.5 Å². The lowest BCUT2D eigenvalue weighted by molar-refractivity contribution is -0.121. The van der Waals surface area contributed by atoms with Crippen molar-refractivity contribution in [2.24, 2.45) is 0 Å². The van der Waals surface area contributed by atoms with E-state index < -0.39 is 0 Å². The number of carbonyl (C=O) groups excluding carboxylic acids is 2. The van der Waals surface area contributed by atoms with E-state index in [0.717, 1.165) is 5.56 Å². The number of urea groups is 1. The lowest BCUT2D eigenvalue weighted by Crippen LogP contribution is -2.43. The van der Waals surface area contributed by atoms with Crippen molar-refractivity contribution in [1.29, 1.82) is 0 Å². The first-order chi connectivity index (χ1) is 10.6. The summed E-state index contributed by atoms with van der Waals surface area (Å²) in [5, 5.41) is 5.45. The number of nitrogens with zero attached hydrogens (tertiary/aromatic N) is 1. The summed E-state index contributed by atoms with van der Waals surface area (Å²) in [5.41, 5.74) is 2.44. The number of amides is 3. The van der Waals surface area contributed by atoms with Crippen LogP contribution < -0.4 is 10.6 Å². The molecule has 2 N–H and O–H groups in total. The molecule has 128 valence electrons. The highest BCUT2D eigenvalue weighted by Gasteiger charge is 2.18. The van der Waals surface area contributed by atoms with Gasteiger partial charge in [0.05, 0.1) is 0 Å². The molecule has 0 radical (unpaired) electrons. The van der Waals surface area contributed by atoms with Gasteiger partial charge in [0, 0.05) is 33.1 Å². The van der Waals surface area contributed by atoms with Crippen LogP contribution in [0.2, 0.25) is 0 Å². The van der Waals surface area contributed by atoms with Crippen molar-refractivity contribution in [2.75, 3.05) is 14.1 Å². The Morgan fingerprint density at radius 1 is 1.17 bits per heavy atom. The lowest BCUT2D eigenvalue weighted by atomic mass is 9.87. The van der Waals surface area contributed by atoms with Crippen molar-refractivity contribution in [3.05, 3.63) is 35.4 Å². The van der Waals surface area contributed by atoms with Crippen molar-refractivity contribution >= 4 is 11.9 Å². The van der Waals surface area contributed by atoms with Gasteiger partial charge < -0.3 is 15.5 Å². The van der Waals surface area contributed by atoms with Gasteiger partial charge in [-0.2, -0.15) is 0 Å². The summed E-state index contributed by atoms with van der Waals surface area (Å²) < 4.78 is 0. The Kier molecular flexibility index (Phi) is 6.61. The summed E-state index contributed by atoms with van der Waals surface area (Å²) in [6.45, 7) is 8.85. The summed E-state index contributed by atoms with van der Waals surface area (Å²) in [6.07, 6.45) is 0.292. The molecule has 0 aromatic heterocycles. The molecule has 0 aliphatic heterocycles. The Bertz CT molecular complexity index is 532. The van der Waals surface area contributed by atoms with Crippen LogP contribution in [0.4, 0.5) is 4.79 Å². The van der Waals surface area contributed by atoms with E-state index >= 15 is 0 Å². The number of benzene rings is 1. The van der Waals surface area contributed by atoms with Gasteiger partial charge in [0.15, 0.2) is 0 Å². The van der Waals surface area contributed by atoms with E-state index in [4.69, 9.17) is 0 Å². The summed E-state index contributed by atoms with van der Waals surface area (Å²) in [5.74, 6) is -0.0741. The fraction of sp³-hybridized carbons (Fsp3) is 0.556. The van der Waals surface area contributed by atoms with Crippen LogP contribution in [-0.4, -0.2) is 37.0 Å². The smallest absolute Gasteiger partial charge is 0.317 e. The quantitative estimate of drug-likeness (QED) is 0.876. The van der Waals surface area contributed by atoms with Crippen molar-refractivity contribution in [1.82, 2.24) is 15.5 Å². The first-order valence-electron chi connectivity index (χ1n) is 7.95. The second-order valence-electron chi connectivity index (χ2n) is 6.94. The topological polar surface area (TPSA) is 61.4 Å². The highest BCUT2D eigenvalue weighted by molar-refractivity contribution is 5.78. The average molecular weight is 319 g/mol. The van der Waals surface area contributed by atoms with Gasteiger partial charge in [-0.1, -0.05) is 45.0 Å². The molecule has 0 heterocycles.